The molecule has 0 aliphatic rings. The fourth-order valence-electron chi connectivity index (χ4n) is 1.10. The Kier molecular flexibility index (Phi) is 6.02. The third-order valence-electron chi connectivity index (χ3n) is 1.98. The zero-order valence-corrected chi connectivity index (χ0v) is 9.92. The Morgan fingerprint density at radius 3 is 2.17 bits per heavy atom. The molecule has 12 heavy (non-hydrogen) atoms. The van der Waals surface area contributed by atoms with Gasteiger partial charge in [-0.05, 0) is 17.7 Å². The minimum Gasteiger partial charge on any atom is -0.313 e. The molecule has 1 unspecified atom stereocenters. The van der Waals surface area contributed by atoms with Crippen LogP contribution >= 0.6 is 11.8 Å². The van der Waals surface area contributed by atoms with Gasteiger partial charge in [0.05, 0.1) is 0 Å². The number of thioether (sulfide) groups is 1. The molecule has 0 aromatic heterocycles. The zero-order valence-electron chi connectivity index (χ0n) is 9.11. The predicted octanol–water partition coefficient (Wildman–Crippen LogP) is 2.76. The van der Waals surface area contributed by atoms with E-state index in [1.54, 1.807) is 0 Å². The van der Waals surface area contributed by atoms with Crippen molar-refractivity contribution in [1.29, 1.82) is 0 Å². The van der Waals surface area contributed by atoms with Crippen LogP contribution in [0.1, 0.15) is 34.6 Å². The molecule has 1 nitrogen and oxygen atoms in total. The third-order valence-corrected chi connectivity index (χ3v) is 2.96. The highest BCUT2D eigenvalue weighted by molar-refractivity contribution is 7.99. The lowest BCUT2D eigenvalue weighted by atomic mass is 9.88. The van der Waals surface area contributed by atoms with E-state index in [1.165, 1.54) is 11.5 Å². The van der Waals surface area contributed by atoms with Crippen molar-refractivity contribution < 1.29 is 0 Å². The van der Waals surface area contributed by atoms with E-state index < -0.39 is 0 Å². The topological polar surface area (TPSA) is 12.0 Å². The van der Waals surface area contributed by atoms with Crippen LogP contribution in [0.25, 0.3) is 0 Å². The van der Waals surface area contributed by atoms with E-state index in [9.17, 15) is 0 Å². The molecule has 0 aliphatic carbocycles. The molecule has 0 spiro atoms. The lowest BCUT2D eigenvalue weighted by Gasteiger charge is -2.31. The van der Waals surface area contributed by atoms with Crippen LogP contribution in [0, 0.1) is 5.41 Å². The van der Waals surface area contributed by atoms with E-state index in [0.717, 1.165) is 6.54 Å². The van der Waals surface area contributed by atoms with Gasteiger partial charge in [0.1, 0.15) is 0 Å². The van der Waals surface area contributed by atoms with Crippen LogP contribution in [0.2, 0.25) is 0 Å². The van der Waals surface area contributed by atoms with Crippen molar-refractivity contribution in [3.63, 3.8) is 0 Å². The van der Waals surface area contributed by atoms with Gasteiger partial charge in [0.2, 0.25) is 0 Å². The first-order valence-electron chi connectivity index (χ1n) is 4.83. The molecule has 0 aromatic rings. The Balaban J connectivity index is 3.86. The molecule has 0 radical (unpaired) electrons. The summed E-state index contributed by atoms with van der Waals surface area (Å²) in [6.45, 7) is 12.4. The lowest BCUT2D eigenvalue weighted by molar-refractivity contribution is 0.295. The van der Waals surface area contributed by atoms with Crippen molar-refractivity contribution >= 4 is 11.8 Å². The molecular weight excluding hydrogens is 166 g/mol. The van der Waals surface area contributed by atoms with Gasteiger partial charge < -0.3 is 5.32 Å². The fraction of sp³-hybridized carbons (Fsp3) is 1.00. The predicted molar refractivity (Wildman–Crippen MR) is 59.9 cm³/mol. The molecular formula is C10H23NS. The summed E-state index contributed by atoms with van der Waals surface area (Å²) in [5.74, 6) is 2.45. The van der Waals surface area contributed by atoms with Crippen molar-refractivity contribution in [1.82, 2.24) is 5.32 Å². The minimum absolute atomic E-state index is 0.387. The second-order valence-electron chi connectivity index (χ2n) is 4.14. The van der Waals surface area contributed by atoms with Crippen molar-refractivity contribution in [2.75, 3.05) is 18.1 Å². The van der Waals surface area contributed by atoms with E-state index in [4.69, 9.17) is 0 Å². The highest BCUT2D eigenvalue weighted by Gasteiger charge is 2.22. The van der Waals surface area contributed by atoms with Gasteiger partial charge in [0.15, 0.2) is 0 Å². The van der Waals surface area contributed by atoms with Crippen LogP contribution in [-0.4, -0.2) is 24.1 Å². The molecule has 0 amide bonds. The van der Waals surface area contributed by atoms with E-state index in [1.807, 2.05) is 11.8 Å². The van der Waals surface area contributed by atoms with Crippen LogP contribution in [-0.2, 0) is 0 Å². The summed E-state index contributed by atoms with van der Waals surface area (Å²) >= 11 is 2.02. The molecule has 1 atom stereocenters. The first-order chi connectivity index (χ1) is 5.52. The summed E-state index contributed by atoms with van der Waals surface area (Å²) < 4.78 is 0. The Morgan fingerprint density at radius 1 is 1.25 bits per heavy atom. The minimum atomic E-state index is 0.387. The molecule has 74 valence electrons. The average molecular weight is 189 g/mol. The molecule has 0 heterocycles. The van der Waals surface area contributed by atoms with Gasteiger partial charge >= 0.3 is 0 Å². The van der Waals surface area contributed by atoms with Gasteiger partial charge in [-0.2, -0.15) is 11.8 Å². The van der Waals surface area contributed by atoms with Crippen LogP contribution in [0.3, 0.4) is 0 Å². The third kappa shape index (κ3) is 5.04. The molecule has 0 saturated heterocycles. The van der Waals surface area contributed by atoms with Gasteiger partial charge in [0, 0.05) is 11.8 Å². The first kappa shape index (κ1) is 12.3. The van der Waals surface area contributed by atoms with Crippen LogP contribution in [0.4, 0.5) is 0 Å². The van der Waals surface area contributed by atoms with Gasteiger partial charge in [-0.25, -0.2) is 0 Å². The van der Waals surface area contributed by atoms with Crippen molar-refractivity contribution in [2.24, 2.45) is 5.41 Å². The van der Waals surface area contributed by atoms with Crippen LogP contribution in [0.15, 0.2) is 0 Å². The largest absolute Gasteiger partial charge is 0.313 e. The Hall–Kier alpha value is 0.310. The van der Waals surface area contributed by atoms with Crippen LogP contribution in [0.5, 0.6) is 0 Å². The van der Waals surface area contributed by atoms with Gasteiger partial charge in [0.25, 0.3) is 0 Å². The second kappa shape index (κ2) is 5.87. The summed E-state index contributed by atoms with van der Waals surface area (Å²) in [6.07, 6.45) is 0. The zero-order chi connectivity index (χ0) is 9.61. The summed E-state index contributed by atoms with van der Waals surface area (Å²) in [5, 5.41) is 3.54. The maximum Gasteiger partial charge on any atom is 0.0206 e. The summed E-state index contributed by atoms with van der Waals surface area (Å²) in [6, 6.07) is 0.646. The SMILES string of the molecule is CCNC(CSCC)C(C)(C)C. The average Bonchev–Trinajstić information content (AvgIpc) is 1.95. The Bertz CT molecular complexity index is 107. The molecule has 2 heteroatoms. The molecule has 0 saturated carbocycles. The van der Waals surface area contributed by atoms with Gasteiger partial charge in [-0.3, -0.25) is 0 Å². The Labute approximate surface area is 81.7 Å². The molecule has 0 aliphatic heterocycles. The summed E-state index contributed by atoms with van der Waals surface area (Å²) in [5.41, 5.74) is 0.387. The number of rotatable bonds is 5. The Morgan fingerprint density at radius 2 is 1.83 bits per heavy atom. The quantitative estimate of drug-likeness (QED) is 0.714. The molecule has 0 aromatic carbocycles. The highest BCUT2D eigenvalue weighted by Crippen LogP contribution is 2.22. The number of nitrogens with one attached hydrogen (secondary N) is 1. The molecule has 0 fully saturated rings. The first-order valence-corrected chi connectivity index (χ1v) is 5.99. The maximum absolute atomic E-state index is 3.54. The highest BCUT2D eigenvalue weighted by atomic mass is 32.2. The summed E-state index contributed by atoms with van der Waals surface area (Å²) in [7, 11) is 0. The maximum atomic E-state index is 3.54. The monoisotopic (exact) mass is 189 g/mol. The van der Waals surface area contributed by atoms with Crippen molar-refractivity contribution in [3.8, 4) is 0 Å². The standard InChI is InChI=1S/C10H23NS/c1-6-11-9(8-12-7-2)10(3,4)5/h9,11H,6-8H2,1-5H3. The van der Waals surface area contributed by atoms with Gasteiger partial charge in [-0.15, -0.1) is 0 Å². The summed E-state index contributed by atoms with van der Waals surface area (Å²) in [4.78, 5) is 0. The molecule has 0 bridgehead atoms. The number of hydrogen-bond donors (Lipinski definition) is 1. The molecule has 1 N–H and O–H groups in total. The van der Waals surface area contributed by atoms with Crippen LogP contribution < -0.4 is 5.32 Å². The van der Waals surface area contributed by atoms with Crippen molar-refractivity contribution in [2.45, 2.75) is 40.7 Å². The van der Waals surface area contributed by atoms with E-state index in [2.05, 4.69) is 39.9 Å². The van der Waals surface area contributed by atoms with E-state index >= 15 is 0 Å². The fourth-order valence-corrected chi connectivity index (χ4v) is 2.19. The van der Waals surface area contributed by atoms with E-state index in [0.29, 0.717) is 11.5 Å². The number of hydrogen-bond acceptors (Lipinski definition) is 2. The second-order valence-corrected chi connectivity index (χ2v) is 5.45. The van der Waals surface area contributed by atoms with Crippen molar-refractivity contribution in [3.05, 3.63) is 0 Å². The smallest absolute Gasteiger partial charge is 0.0206 e. The molecule has 0 rings (SSSR count). The normalized spacial score (nSPS) is 14.8. The van der Waals surface area contributed by atoms with E-state index in [-0.39, 0.29) is 0 Å². The lowest BCUT2D eigenvalue weighted by Crippen LogP contribution is -2.42. The van der Waals surface area contributed by atoms with Gasteiger partial charge in [-0.1, -0.05) is 34.6 Å².